The number of halogens is 3. The van der Waals surface area contributed by atoms with Crippen LogP contribution in [0.3, 0.4) is 0 Å². The fourth-order valence-electron chi connectivity index (χ4n) is 1.40. The van der Waals surface area contributed by atoms with Gasteiger partial charge in [0, 0.05) is 22.6 Å². The van der Waals surface area contributed by atoms with E-state index in [-0.39, 0.29) is 16.9 Å². The van der Waals surface area contributed by atoms with Crippen molar-refractivity contribution in [2.75, 3.05) is 5.32 Å². The van der Waals surface area contributed by atoms with Crippen LogP contribution in [0.2, 0.25) is 0 Å². The minimum Gasteiger partial charge on any atom is -0.356 e. The third-order valence-electron chi connectivity index (χ3n) is 2.15. The molecule has 0 aliphatic carbocycles. The lowest BCUT2D eigenvalue weighted by atomic mass is 10.1. The highest BCUT2D eigenvalue weighted by Gasteiger charge is 2.16. The van der Waals surface area contributed by atoms with Gasteiger partial charge in [0.15, 0.2) is 23.3 Å². The van der Waals surface area contributed by atoms with Crippen molar-refractivity contribution in [3.8, 4) is 11.4 Å². The van der Waals surface area contributed by atoms with Gasteiger partial charge >= 0.3 is 0 Å². The zero-order valence-electron chi connectivity index (χ0n) is 10.6. The molecular formula is C12H12F3N3S. The number of nitrogens with zero attached hydrogens (tertiary/aromatic N) is 2. The molecule has 1 aromatic carbocycles. The molecule has 1 N–H and O–H groups in total. The second kappa shape index (κ2) is 4.80. The summed E-state index contributed by atoms with van der Waals surface area (Å²) in [5.74, 6) is -3.84. The van der Waals surface area contributed by atoms with Gasteiger partial charge in [-0.15, -0.1) is 0 Å². The van der Waals surface area contributed by atoms with Gasteiger partial charge in [0.25, 0.3) is 0 Å². The number of benzene rings is 1. The van der Waals surface area contributed by atoms with Crippen molar-refractivity contribution in [3.05, 3.63) is 29.6 Å². The van der Waals surface area contributed by atoms with Crippen molar-refractivity contribution in [2.45, 2.75) is 26.3 Å². The molecule has 2 rings (SSSR count). The molecule has 0 atom stereocenters. The number of hydrogen-bond donors (Lipinski definition) is 1. The Labute approximate surface area is 112 Å². The summed E-state index contributed by atoms with van der Waals surface area (Å²) in [6.45, 7) is 5.85. The van der Waals surface area contributed by atoms with Crippen LogP contribution in [0, 0.1) is 17.5 Å². The zero-order chi connectivity index (χ0) is 14.2. The molecule has 0 saturated heterocycles. The van der Waals surface area contributed by atoms with E-state index in [9.17, 15) is 13.2 Å². The smallest absolute Gasteiger partial charge is 0.203 e. The van der Waals surface area contributed by atoms with Crippen molar-refractivity contribution < 1.29 is 13.2 Å². The Bertz CT molecular complexity index is 582. The molecule has 0 spiro atoms. The molecule has 0 aliphatic rings. The maximum Gasteiger partial charge on any atom is 0.203 e. The summed E-state index contributed by atoms with van der Waals surface area (Å²) in [5, 5.41) is 3.63. The Morgan fingerprint density at radius 2 is 1.68 bits per heavy atom. The first-order valence-corrected chi connectivity index (χ1v) is 6.30. The lowest BCUT2D eigenvalue weighted by molar-refractivity contribution is 0.447. The molecule has 1 heterocycles. The Kier molecular flexibility index (Phi) is 3.49. The highest BCUT2D eigenvalue weighted by Crippen LogP contribution is 2.25. The summed E-state index contributed by atoms with van der Waals surface area (Å²) in [5.41, 5.74) is -0.0922. The van der Waals surface area contributed by atoms with Crippen LogP contribution in [0.4, 0.5) is 18.3 Å². The van der Waals surface area contributed by atoms with E-state index in [1.54, 1.807) is 0 Å². The number of nitrogens with one attached hydrogen (secondary N) is 1. The van der Waals surface area contributed by atoms with Crippen LogP contribution in [0.25, 0.3) is 11.4 Å². The lowest BCUT2D eigenvalue weighted by Crippen LogP contribution is -2.25. The number of hydrogen-bond acceptors (Lipinski definition) is 4. The van der Waals surface area contributed by atoms with Gasteiger partial charge in [-0.25, -0.2) is 13.2 Å². The molecule has 2 aromatic rings. The first-order chi connectivity index (χ1) is 8.76. The minimum absolute atomic E-state index is 0.106. The van der Waals surface area contributed by atoms with Crippen LogP contribution in [-0.4, -0.2) is 14.9 Å². The third-order valence-corrected chi connectivity index (χ3v) is 2.78. The Morgan fingerprint density at radius 1 is 1.11 bits per heavy atom. The van der Waals surface area contributed by atoms with E-state index in [1.807, 2.05) is 20.8 Å². The second-order valence-corrected chi connectivity index (χ2v) is 5.80. The molecule has 7 heteroatoms. The summed E-state index contributed by atoms with van der Waals surface area (Å²) >= 11 is 1.08. The molecule has 19 heavy (non-hydrogen) atoms. The van der Waals surface area contributed by atoms with Crippen molar-refractivity contribution in [3.63, 3.8) is 0 Å². The quantitative estimate of drug-likeness (QED) is 0.853. The Balaban J connectivity index is 2.33. The van der Waals surface area contributed by atoms with Gasteiger partial charge in [-0.1, -0.05) is 0 Å². The molecule has 0 radical (unpaired) electrons. The van der Waals surface area contributed by atoms with E-state index >= 15 is 0 Å². The lowest BCUT2D eigenvalue weighted by Gasteiger charge is -2.18. The average molecular weight is 287 g/mol. The number of aromatic nitrogens is 2. The van der Waals surface area contributed by atoms with E-state index in [0.717, 1.165) is 23.7 Å². The first kappa shape index (κ1) is 13.8. The van der Waals surface area contributed by atoms with E-state index in [4.69, 9.17) is 0 Å². The fourth-order valence-corrected chi connectivity index (χ4v) is 2.20. The normalized spacial score (nSPS) is 11.7. The van der Waals surface area contributed by atoms with Crippen molar-refractivity contribution in [1.82, 2.24) is 9.36 Å². The van der Waals surface area contributed by atoms with Gasteiger partial charge in [-0.3, -0.25) is 0 Å². The molecule has 0 unspecified atom stereocenters. The first-order valence-electron chi connectivity index (χ1n) is 5.53. The highest BCUT2D eigenvalue weighted by atomic mass is 32.1. The fraction of sp³-hybridized carbons (Fsp3) is 0.333. The predicted octanol–water partition coefficient (Wildman–Crippen LogP) is 3.83. The van der Waals surface area contributed by atoms with E-state index in [2.05, 4.69) is 14.7 Å². The van der Waals surface area contributed by atoms with Crippen LogP contribution in [0.5, 0.6) is 0 Å². The van der Waals surface area contributed by atoms with Gasteiger partial charge in [-0.2, -0.15) is 9.36 Å². The van der Waals surface area contributed by atoms with Crippen molar-refractivity contribution >= 4 is 16.7 Å². The third kappa shape index (κ3) is 3.23. The largest absolute Gasteiger partial charge is 0.356 e. The molecular weight excluding hydrogens is 275 g/mol. The van der Waals surface area contributed by atoms with E-state index in [0.29, 0.717) is 5.13 Å². The topological polar surface area (TPSA) is 37.8 Å². The van der Waals surface area contributed by atoms with Crippen molar-refractivity contribution in [1.29, 1.82) is 0 Å². The SMILES string of the molecule is CC(C)(C)Nc1nc(-c2cc(F)c(F)c(F)c2)ns1. The van der Waals surface area contributed by atoms with Crippen LogP contribution in [0.1, 0.15) is 20.8 Å². The molecule has 0 amide bonds. The van der Waals surface area contributed by atoms with Crippen LogP contribution < -0.4 is 5.32 Å². The molecule has 102 valence electrons. The van der Waals surface area contributed by atoms with Gasteiger partial charge in [0.2, 0.25) is 5.13 Å². The molecule has 0 aliphatic heterocycles. The standard InChI is InChI=1S/C12H12F3N3S/c1-12(2,3)17-11-16-10(18-19-11)6-4-7(13)9(15)8(14)5-6/h4-5H,1-3H3,(H,16,17,18). The summed E-state index contributed by atoms with van der Waals surface area (Å²) in [7, 11) is 0. The highest BCUT2D eigenvalue weighted by molar-refractivity contribution is 7.09. The van der Waals surface area contributed by atoms with Gasteiger partial charge in [0.05, 0.1) is 0 Å². The van der Waals surface area contributed by atoms with Crippen LogP contribution in [-0.2, 0) is 0 Å². The average Bonchev–Trinajstić information content (AvgIpc) is 2.71. The molecule has 0 bridgehead atoms. The van der Waals surface area contributed by atoms with Gasteiger partial charge in [0.1, 0.15) is 0 Å². The van der Waals surface area contributed by atoms with Crippen LogP contribution in [0.15, 0.2) is 12.1 Å². The molecule has 0 fully saturated rings. The van der Waals surface area contributed by atoms with E-state index in [1.165, 1.54) is 0 Å². The van der Waals surface area contributed by atoms with Gasteiger partial charge in [-0.05, 0) is 32.9 Å². The van der Waals surface area contributed by atoms with E-state index < -0.39 is 17.5 Å². The number of anilines is 1. The molecule has 3 nitrogen and oxygen atoms in total. The number of rotatable bonds is 2. The van der Waals surface area contributed by atoms with Crippen molar-refractivity contribution in [2.24, 2.45) is 0 Å². The molecule has 1 aromatic heterocycles. The summed E-state index contributed by atoms with van der Waals surface area (Å²) in [6, 6.07) is 1.75. The Morgan fingerprint density at radius 3 is 2.21 bits per heavy atom. The molecule has 0 saturated carbocycles. The summed E-state index contributed by atoms with van der Waals surface area (Å²) in [4.78, 5) is 4.12. The monoisotopic (exact) mass is 287 g/mol. The maximum absolute atomic E-state index is 13.1. The minimum atomic E-state index is -1.49. The maximum atomic E-state index is 13.1. The Hall–Kier alpha value is -1.63. The summed E-state index contributed by atoms with van der Waals surface area (Å²) in [6.07, 6.45) is 0. The zero-order valence-corrected chi connectivity index (χ0v) is 11.4. The summed E-state index contributed by atoms with van der Waals surface area (Å²) < 4.78 is 43.1. The predicted molar refractivity (Wildman–Crippen MR) is 68.6 cm³/mol. The van der Waals surface area contributed by atoms with Crippen LogP contribution >= 0.6 is 11.5 Å². The second-order valence-electron chi connectivity index (χ2n) is 5.05. The van der Waals surface area contributed by atoms with Gasteiger partial charge < -0.3 is 5.32 Å².